The van der Waals surface area contributed by atoms with Crippen LogP contribution in [0, 0.1) is 5.92 Å². The summed E-state index contributed by atoms with van der Waals surface area (Å²) in [5.74, 6) is 2.11. The van der Waals surface area contributed by atoms with E-state index in [0.29, 0.717) is 32.8 Å². The number of amides is 1. The van der Waals surface area contributed by atoms with Crippen LogP contribution in [0.4, 0.5) is 5.82 Å². The Bertz CT molecular complexity index is 791. The SMILES string of the molecule is CCCSc1nc(NCCOCC)c2cnn(CCNC(=O)C3CCCC3)c2n1. The van der Waals surface area contributed by atoms with E-state index in [2.05, 4.69) is 27.6 Å². The van der Waals surface area contributed by atoms with E-state index < -0.39 is 0 Å². The number of nitrogens with one attached hydrogen (secondary N) is 2. The average Bonchev–Trinajstić information content (AvgIpc) is 3.40. The molecular weight excluding hydrogens is 388 g/mol. The lowest BCUT2D eigenvalue weighted by Gasteiger charge is -2.11. The number of ether oxygens (including phenoxy) is 1. The highest BCUT2D eigenvalue weighted by molar-refractivity contribution is 7.99. The zero-order chi connectivity index (χ0) is 20.5. The van der Waals surface area contributed by atoms with Crippen LogP contribution < -0.4 is 10.6 Å². The topological polar surface area (TPSA) is 94.0 Å². The maximum absolute atomic E-state index is 12.2. The van der Waals surface area contributed by atoms with Crippen LogP contribution in [0.1, 0.15) is 46.0 Å². The van der Waals surface area contributed by atoms with E-state index >= 15 is 0 Å². The van der Waals surface area contributed by atoms with Gasteiger partial charge in [0.05, 0.1) is 24.7 Å². The molecular formula is C20H32N6O2S. The summed E-state index contributed by atoms with van der Waals surface area (Å²) in [6, 6.07) is 0. The molecule has 2 N–H and O–H groups in total. The molecule has 160 valence electrons. The molecule has 0 unspecified atom stereocenters. The Labute approximate surface area is 176 Å². The predicted octanol–water partition coefficient (Wildman–Crippen LogP) is 3.08. The van der Waals surface area contributed by atoms with Crippen molar-refractivity contribution in [3.63, 3.8) is 0 Å². The Morgan fingerprint density at radius 1 is 1.28 bits per heavy atom. The van der Waals surface area contributed by atoms with Crippen LogP contribution in [0.15, 0.2) is 11.4 Å². The summed E-state index contributed by atoms with van der Waals surface area (Å²) in [4.78, 5) is 21.6. The van der Waals surface area contributed by atoms with Crippen molar-refractivity contribution in [2.75, 3.05) is 37.4 Å². The normalized spacial score (nSPS) is 14.6. The molecule has 0 radical (unpaired) electrons. The van der Waals surface area contributed by atoms with Gasteiger partial charge in [-0.25, -0.2) is 14.6 Å². The smallest absolute Gasteiger partial charge is 0.223 e. The lowest BCUT2D eigenvalue weighted by Crippen LogP contribution is -2.32. The molecule has 0 atom stereocenters. The minimum absolute atomic E-state index is 0.172. The number of nitrogens with zero attached hydrogens (tertiary/aromatic N) is 4. The molecule has 0 spiro atoms. The fourth-order valence-electron chi connectivity index (χ4n) is 3.49. The number of thioether (sulfide) groups is 1. The summed E-state index contributed by atoms with van der Waals surface area (Å²) in [6.45, 7) is 7.28. The molecule has 0 bridgehead atoms. The predicted molar refractivity (Wildman–Crippen MR) is 116 cm³/mol. The maximum atomic E-state index is 12.2. The largest absolute Gasteiger partial charge is 0.380 e. The monoisotopic (exact) mass is 420 g/mol. The van der Waals surface area contributed by atoms with Crippen molar-refractivity contribution in [1.29, 1.82) is 0 Å². The van der Waals surface area contributed by atoms with Gasteiger partial charge in [-0.3, -0.25) is 4.79 Å². The minimum atomic E-state index is 0.172. The lowest BCUT2D eigenvalue weighted by atomic mass is 10.1. The highest BCUT2D eigenvalue weighted by Gasteiger charge is 2.22. The van der Waals surface area contributed by atoms with Gasteiger partial charge < -0.3 is 15.4 Å². The van der Waals surface area contributed by atoms with Gasteiger partial charge in [0.2, 0.25) is 5.91 Å². The Balaban J connectivity index is 1.68. The molecule has 1 aliphatic carbocycles. The Morgan fingerprint density at radius 3 is 2.86 bits per heavy atom. The Hall–Kier alpha value is -1.87. The van der Waals surface area contributed by atoms with Crippen molar-refractivity contribution in [3.05, 3.63) is 6.20 Å². The third-order valence-electron chi connectivity index (χ3n) is 5.00. The molecule has 9 heteroatoms. The summed E-state index contributed by atoms with van der Waals surface area (Å²) in [7, 11) is 0. The number of hydrogen-bond acceptors (Lipinski definition) is 7. The Kier molecular flexibility index (Phi) is 8.54. The van der Waals surface area contributed by atoms with E-state index in [1.807, 2.05) is 11.6 Å². The van der Waals surface area contributed by atoms with Crippen LogP contribution in [-0.4, -0.2) is 57.7 Å². The zero-order valence-electron chi connectivity index (χ0n) is 17.4. The van der Waals surface area contributed by atoms with Gasteiger partial charge in [-0.15, -0.1) is 0 Å². The van der Waals surface area contributed by atoms with Crippen LogP contribution in [0.2, 0.25) is 0 Å². The molecule has 2 heterocycles. The molecule has 2 aromatic rings. The van der Waals surface area contributed by atoms with Crippen molar-refractivity contribution in [2.45, 2.75) is 57.7 Å². The van der Waals surface area contributed by atoms with Gasteiger partial charge in [-0.2, -0.15) is 5.10 Å². The summed E-state index contributed by atoms with van der Waals surface area (Å²) in [6.07, 6.45) is 7.21. The van der Waals surface area contributed by atoms with Crippen molar-refractivity contribution >= 4 is 34.5 Å². The van der Waals surface area contributed by atoms with E-state index in [0.717, 1.165) is 59.9 Å². The van der Waals surface area contributed by atoms with Crippen molar-refractivity contribution in [1.82, 2.24) is 25.1 Å². The standard InChI is InChI=1S/C20H32N6O2S/c1-3-13-29-20-24-17(21-10-12-28-4-2)16-14-23-26(18(16)25-20)11-9-22-19(27)15-7-5-6-8-15/h14-15H,3-13H2,1-2H3,(H,22,27)(H,21,24,25). The summed E-state index contributed by atoms with van der Waals surface area (Å²) in [5.41, 5.74) is 0.799. The molecule has 2 aromatic heterocycles. The number of rotatable bonds is 12. The highest BCUT2D eigenvalue weighted by atomic mass is 32.2. The molecule has 0 aliphatic heterocycles. The molecule has 1 aliphatic rings. The van der Waals surface area contributed by atoms with Gasteiger partial charge in [0.1, 0.15) is 5.82 Å². The van der Waals surface area contributed by atoms with Crippen LogP contribution in [0.5, 0.6) is 0 Å². The first-order valence-corrected chi connectivity index (χ1v) is 11.7. The quantitative estimate of drug-likeness (QED) is 0.310. The second kappa shape index (κ2) is 11.3. The molecule has 1 fully saturated rings. The van der Waals surface area contributed by atoms with Gasteiger partial charge in [-0.1, -0.05) is 31.5 Å². The number of carbonyl (C=O) groups excluding carboxylic acids is 1. The summed E-state index contributed by atoms with van der Waals surface area (Å²) in [5, 5.41) is 12.5. The molecule has 8 nitrogen and oxygen atoms in total. The van der Waals surface area contributed by atoms with Gasteiger partial charge in [0, 0.05) is 31.4 Å². The van der Waals surface area contributed by atoms with E-state index in [1.165, 1.54) is 0 Å². The van der Waals surface area contributed by atoms with Crippen molar-refractivity contribution in [2.24, 2.45) is 5.92 Å². The highest BCUT2D eigenvalue weighted by Crippen LogP contribution is 2.25. The summed E-state index contributed by atoms with van der Waals surface area (Å²) >= 11 is 1.65. The molecule has 3 rings (SSSR count). The molecule has 0 aromatic carbocycles. The average molecular weight is 421 g/mol. The number of carbonyl (C=O) groups is 1. The Morgan fingerprint density at radius 2 is 2.10 bits per heavy atom. The van der Waals surface area contributed by atoms with Crippen LogP contribution >= 0.6 is 11.8 Å². The van der Waals surface area contributed by atoms with E-state index in [9.17, 15) is 4.79 Å². The first-order chi connectivity index (χ1) is 14.2. The zero-order valence-corrected chi connectivity index (χ0v) is 18.3. The van der Waals surface area contributed by atoms with E-state index in [1.54, 1.807) is 18.0 Å². The maximum Gasteiger partial charge on any atom is 0.223 e. The van der Waals surface area contributed by atoms with E-state index in [-0.39, 0.29) is 11.8 Å². The second-order valence-corrected chi connectivity index (χ2v) is 8.27. The molecule has 1 saturated carbocycles. The lowest BCUT2D eigenvalue weighted by molar-refractivity contribution is -0.124. The fraction of sp³-hybridized carbons (Fsp3) is 0.700. The number of anilines is 1. The number of fused-ring (bicyclic) bond motifs is 1. The first kappa shape index (κ1) is 21.8. The van der Waals surface area contributed by atoms with Crippen LogP contribution in [-0.2, 0) is 16.1 Å². The fourth-order valence-corrected chi connectivity index (χ4v) is 4.19. The van der Waals surface area contributed by atoms with Gasteiger partial charge in [-0.05, 0) is 26.2 Å². The van der Waals surface area contributed by atoms with Gasteiger partial charge >= 0.3 is 0 Å². The number of aromatic nitrogens is 4. The van der Waals surface area contributed by atoms with Crippen molar-refractivity contribution in [3.8, 4) is 0 Å². The third-order valence-corrected chi connectivity index (χ3v) is 6.06. The third kappa shape index (κ3) is 6.05. The van der Waals surface area contributed by atoms with E-state index in [4.69, 9.17) is 9.72 Å². The first-order valence-electron chi connectivity index (χ1n) is 10.7. The van der Waals surface area contributed by atoms with Gasteiger partial charge in [0.15, 0.2) is 10.8 Å². The van der Waals surface area contributed by atoms with Crippen LogP contribution in [0.3, 0.4) is 0 Å². The second-order valence-electron chi connectivity index (χ2n) is 7.20. The molecule has 1 amide bonds. The van der Waals surface area contributed by atoms with Gasteiger partial charge in [0.25, 0.3) is 0 Å². The molecule has 29 heavy (non-hydrogen) atoms. The number of hydrogen-bond donors (Lipinski definition) is 2. The van der Waals surface area contributed by atoms with Crippen molar-refractivity contribution < 1.29 is 9.53 Å². The van der Waals surface area contributed by atoms with Crippen LogP contribution in [0.25, 0.3) is 11.0 Å². The minimum Gasteiger partial charge on any atom is -0.380 e. The summed E-state index contributed by atoms with van der Waals surface area (Å²) < 4.78 is 7.27. The molecule has 0 saturated heterocycles.